The van der Waals surface area contributed by atoms with Crippen LogP contribution in [0.3, 0.4) is 0 Å². The van der Waals surface area contributed by atoms with Crippen LogP contribution < -0.4 is 9.64 Å². The van der Waals surface area contributed by atoms with Crippen molar-refractivity contribution < 1.29 is 4.74 Å². The number of piperazine rings is 1. The summed E-state index contributed by atoms with van der Waals surface area (Å²) >= 11 is 0. The molecule has 0 bridgehead atoms. The third-order valence-electron chi connectivity index (χ3n) is 6.59. The van der Waals surface area contributed by atoms with Crippen LogP contribution in [0.4, 0.5) is 5.69 Å². The van der Waals surface area contributed by atoms with Crippen LogP contribution in [0, 0.1) is 0 Å². The number of benzene rings is 2. The van der Waals surface area contributed by atoms with Crippen molar-refractivity contribution in [3.63, 3.8) is 0 Å². The lowest BCUT2D eigenvalue weighted by molar-refractivity contribution is 0.313. The van der Waals surface area contributed by atoms with Crippen LogP contribution in [0.25, 0.3) is 44.3 Å². The minimum Gasteiger partial charge on any atom is -0.495 e. The Bertz CT molecular complexity index is 1440. The Labute approximate surface area is 192 Å². The third kappa shape index (κ3) is 3.50. The fourth-order valence-electron chi connectivity index (χ4n) is 4.68. The first-order valence-electron chi connectivity index (χ1n) is 11.2. The number of H-pyrrole nitrogens is 2. The topological polar surface area (TPSA) is 73.1 Å². The van der Waals surface area contributed by atoms with Gasteiger partial charge in [-0.25, -0.2) is 0 Å². The molecule has 1 aliphatic heterocycles. The molecule has 7 nitrogen and oxygen atoms in total. The van der Waals surface area contributed by atoms with E-state index in [1.54, 1.807) is 13.3 Å². The van der Waals surface area contributed by atoms with Gasteiger partial charge >= 0.3 is 0 Å². The van der Waals surface area contributed by atoms with Crippen molar-refractivity contribution in [2.75, 3.05) is 45.2 Å². The van der Waals surface area contributed by atoms with Gasteiger partial charge in [-0.05, 0) is 49.0 Å². The zero-order valence-corrected chi connectivity index (χ0v) is 18.8. The maximum Gasteiger partial charge on any atom is 0.137 e. The molecule has 0 saturated carbocycles. The molecule has 0 amide bonds. The molecular weight excluding hydrogens is 412 g/mol. The van der Waals surface area contributed by atoms with Crippen molar-refractivity contribution in [3.05, 3.63) is 60.9 Å². The van der Waals surface area contributed by atoms with E-state index < -0.39 is 0 Å². The van der Waals surface area contributed by atoms with E-state index in [0.717, 1.165) is 70.9 Å². The van der Waals surface area contributed by atoms with E-state index in [4.69, 9.17) is 4.74 Å². The lowest BCUT2D eigenvalue weighted by Gasteiger charge is -2.34. The quantitative estimate of drug-likeness (QED) is 0.431. The average molecular weight is 439 g/mol. The molecule has 2 N–H and O–H groups in total. The summed E-state index contributed by atoms with van der Waals surface area (Å²) < 4.78 is 5.35. The number of hydrogen-bond acceptors (Lipinski definition) is 5. The highest BCUT2D eigenvalue weighted by Gasteiger charge is 2.19. The summed E-state index contributed by atoms with van der Waals surface area (Å²) in [6.45, 7) is 4.25. The van der Waals surface area contributed by atoms with Gasteiger partial charge in [0, 0.05) is 59.9 Å². The Morgan fingerprint density at radius 2 is 1.76 bits per heavy atom. The van der Waals surface area contributed by atoms with Crippen LogP contribution in [0.2, 0.25) is 0 Å². The molecule has 0 atom stereocenters. The van der Waals surface area contributed by atoms with Crippen LogP contribution in [0.15, 0.2) is 60.9 Å². The van der Waals surface area contributed by atoms with Gasteiger partial charge in [0.05, 0.1) is 24.5 Å². The Hall–Kier alpha value is -3.84. The van der Waals surface area contributed by atoms with E-state index in [1.165, 1.54) is 11.1 Å². The van der Waals surface area contributed by atoms with Gasteiger partial charge in [0.2, 0.25) is 0 Å². The third-order valence-corrected chi connectivity index (χ3v) is 6.59. The number of aromatic nitrogens is 4. The predicted octanol–water partition coefficient (Wildman–Crippen LogP) is 4.53. The van der Waals surface area contributed by atoms with Crippen LogP contribution in [0.1, 0.15) is 0 Å². The Kier molecular flexibility index (Phi) is 4.77. The van der Waals surface area contributed by atoms with Crippen molar-refractivity contribution in [2.24, 2.45) is 0 Å². The number of fused-ring (bicyclic) bond motifs is 2. The molecule has 0 spiro atoms. The van der Waals surface area contributed by atoms with Gasteiger partial charge in [0.1, 0.15) is 11.4 Å². The van der Waals surface area contributed by atoms with E-state index in [1.807, 2.05) is 12.3 Å². The van der Waals surface area contributed by atoms with Crippen molar-refractivity contribution in [1.82, 2.24) is 25.1 Å². The molecule has 0 radical (unpaired) electrons. The monoisotopic (exact) mass is 438 g/mol. The van der Waals surface area contributed by atoms with Crippen molar-refractivity contribution in [1.29, 1.82) is 0 Å². The van der Waals surface area contributed by atoms with Gasteiger partial charge in [0.15, 0.2) is 0 Å². The Morgan fingerprint density at radius 1 is 0.879 bits per heavy atom. The molecule has 6 rings (SSSR count). The summed E-state index contributed by atoms with van der Waals surface area (Å²) in [5.74, 6) is 0.743. The molecule has 1 fully saturated rings. The van der Waals surface area contributed by atoms with E-state index in [2.05, 4.69) is 79.5 Å². The van der Waals surface area contributed by atoms with E-state index in [-0.39, 0.29) is 0 Å². The number of anilines is 1. The van der Waals surface area contributed by atoms with Crippen LogP contribution in [0.5, 0.6) is 5.75 Å². The van der Waals surface area contributed by atoms with Crippen molar-refractivity contribution >= 4 is 27.5 Å². The van der Waals surface area contributed by atoms with E-state index >= 15 is 0 Å². The van der Waals surface area contributed by atoms with Crippen LogP contribution in [-0.2, 0) is 0 Å². The highest BCUT2D eigenvalue weighted by molar-refractivity contribution is 6.01. The molecule has 2 aromatic carbocycles. The first kappa shape index (κ1) is 19.8. The molecule has 3 aromatic heterocycles. The highest BCUT2D eigenvalue weighted by Crippen LogP contribution is 2.35. The Morgan fingerprint density at radius 3 is 2.61 bits per heavy atom. The van der Waals surface area contributed by atoms with Gasteiger partial charge in [-0.1, -0.05) is 12.1 Å². The summed E-state index contributed by atoms with van der Waals surface area (Å²) in [7, 11) is 3.84. The lowest BCUT2D eigenvalue weighted by atomic mass is 10.0. The number of pyridine rings is 1. The summed E-state index contributed by atoms with van der Waals surface area (Å²) in [6, 6.07) is 17.0. The first-order valence-corrected chi connectivity index (χ1v) is 11.2. The predicted molar refractivity (Wildman–Crippen MR) is 133 cm³/mol. The van der Waals surface area contributed by atoms with Crippen molar-refractivity contribution in [3.8, 4) is 28.3 Å². The molecule has 166 valence electrons. The molecule has 1 aliphatic rings. The molecule has 0 unspecified atom stereocenters. The average Bonchev–Trinajstić information content (AvgIpc) is 3.48. The SMILES string of the molecule is COc1cncc(-c2ccc3[nH]nc(-c4cc5c(N6CCN(C)CC6)cccc5[nH]4)c3c2)c1. The zero-order chi connectivity index (χ0) is 22.4. The number of methoxy groups -OCH3 is 1. The summed E-state index contributed by atoms with van der Waals surface area (Å²) in [5.41, 5.74) is 7.43. The maximum atomic E-state index is 5.35. The van der Waals surface area contributed by atoms with Gasteiger partial charge < -0.3 is 19.5 Å². The standard InChI is InChI=1S/C26H26N6O/c1-31-8-10-32(11-9-31)25-5-3-4-22-20(25)14-24(28-22)26-21-13-17(6-7-23(21)29-30-26)18-12-19(33-2)16-27-15-18/h3-7,12-16,28H,8-11H2,1-2H3,(H,29,30). The minimum atomic E-state index is 0.743. The summed E-state index contributed by atoms with van der Waals surface area (Å²) in [6.07, 6.45) is 3.57. The number of nitrogens with one attached hydrogen (secondary N) is 2. The van der Waals surface area contributed by atoms with E-state index in [9.17, 15) is 0 Å². The maximum absolute atomic E-state index is 5.35. The fraction of sp³-hybridized carbons (Fsp3) is 0.231. The second-order valence-corrected chi connectivity index (χ2v) is 8.66. The van der Waals surface area contributed by atoms with Gasteiger partial charge in [-0.3, -0.25) is 10.1 Å². The molecule has 7 heteroatoms. The number of nitrogens with zero attached hydrogens (tertiary/aromatic N) is 4. The number of ether oxygens (including phenoxy) is 1. The normalized spacial score (nSPS) is 14.9. The number of aromatic amines is 2. The molecule has 0 aliphatic carbocycles. The number of likely N-dealkylation sites (N-methyl/N-ethyl adjacent to an activating group) is 1. The van der Waals surface area contributed by atoms with Crippen molar-refractivity contribution in [2.45, 2.75) is 0 Å². The highest BCUT2D eigenvalue weighted by atomic mass is 16.5. The smallest absolute Gasteiger partial charge is 0.137 e. The van der Waals surface area contributed by atoms with Gasteiger partial charge in [-0.15, -0.1) is 0 Å². The first-order chi connectivity index (χ1) is 16.2. The Balaban J connectivity index is 1.43. The van der Waals surface area contributed by atoms with Crippen LogP contribution in [-0.4, -0.2) is 65.4 Å². The molecule has 4 heterocycles. The summed E-state index contributed by atoms with van der Waals surface area (Å²) in [5, 5.41) is 10.2. The largest absolute Gasteiger partial charge is 0.495 e. The van der Waals surface area contributed by atoms with Crippen LogP contribution >= 0.6 is 0 Å². The lowest BCUT2D eigenvalue weighted by Crippen LogP contribution is -2.44. The number of hydrogen-bond donors (Lipinski definition) is 2. The van der Waals surface area contributed by atoms with Gasteiger partial charge in [-0.2, -0.15) is 5.10 Å². The second kappa shape index (κ2) is 7.94. The fourth-order valence-corrected chi connectivity index (χ4v) is 4.68. The molecular formula is C26H26N6O. The van der Waals surface area contributed by atoms with Gasteiger partial charge in [0.25, 0.3) is 0 Å². The second-order valence-electron chi connectivity index (χ2n) is 8.66. The molecule has 1 saturated heterocycles. The summed E-state index contributed by atoms with van der Waals surface area (Å²) in [4.78, 5) is 12.8. The zero-order valence-electron chi connectivity index (χ0n) is 18.8. The minimum absolute atomic E-state index is 0.743. The molecule has 5 aromatic rings. The molecule has 33 heavy (non-hydrogen) atoms. The number of rotatable bonds is 4. The van der Waals surface area contributed by atoms with E-state index in [0.29, 0.717) is 0 Å².